The van der Waals surface area contributed by atoms with Crippen LogP contribution in [0.2, 0.25) is 0 Å². The molecule has 0 spiro atoms. The largest absolute Gasteiger partial charge is 0.389 e. The number of methoxy groups -OCH3 is 1. The van der Waals surface area contributed by atoms with E-state index in [4.69, 9.17) is 4.74 Å². The molecule has 7 heteroatoms. The molecule has 17 heavy (non-hydrogen) atoms. The lowest BCUT2D eigenvalue weighted by Crippen LogP contribution is -2.32. The van der Waals surface area contributed by atoms with Gasteiger partial charge in [0.25, 0.3) is 5.69 Å². The SMILES string of the molecule is COCC(O)CN(C)c1ccc([N+](=O)[O-])cn1. The van der Waals surface area contributed by atoms with Gasteiger partial charge in [-0.1, -0.05) is 0 Å². The Labute approximate surface area is 98.8 Å². The number of aliphatic hydroxyl groups is 1. The van der Waals surface area contributed by atoms with Crippen molar-refractivity contribution < 1.29 is 14.8 Å². The van der Waals surface area contributed by atoms with Gasteiger partial charge < -0.3 is 14.7 Å². The molecule has 0 aliphatic rings. The van der Waals surface area contributed by atoms with Crippen molar-refractivity contribution >= 4 is 11.5 Å². The van der Waals surface area contributed by atoms with Crippen molar-refractivity contribution in [3.8, 4) is 0 Å². The molecule has 94 valence electrons. The van der Waals surface area contributed by atoms with Gasteiger partial charge in [0.1, 0.15) is 12.0 Å². The van der Waals surface area contributed by atoms with E-state index in [2.05, 4.69) is 4.98 Å². The molecule has 0 bridgehead atoms. The van der Waals surface area contributed by atoms with Crippen LogP contribution in [0, 0.1) is 10.1 Å². The van der Waals surface area contributed by atoms with Gasteiger partial charge in [0.15, 0.2) is 0 Å². The summed E-state index contributed by atoms with van der Waals surface area (Å²) in [7, 11) is 3.25. The summed E-state index contributed by atoms with van der Waals surface area (Å²) in [5.41, 5.74) is -0.0559. The zero-order chi connectivity index (χ0) is 12.8. The van der Waals surface area contributed by atoms with Gasteiger partial charge >= 0.3 is 0 Å². The first-order valence-corrected chi connectivity index (χ1v) is 5.03. The van der Waals surface area contributed by atoms with E-state index in [1.165, 1.54) is 25.4 Å². The highest BCUT2D eigenvalue weighted by atomic mass is 16.6. The second-order valence-electron chi connectivity index (χ2n) is 3.62. The van der Waals surface area contributed by atoms with E-state index in [-0.39, 0.29) is 12.3 Å². The van der Waals surface area contributed by atoms with Crippen LogP contribution >= 0.6 is 0 Å². The van der Waals surface area contributed by atoms with Crippen LogP contribution in [-0.2, 0) is 4.74 Å². The zero-order valence-corrected chi connectivity index (χ0v) is 9.74. The van der Waals surface area contributed by atoms with Crippen LogP contribution in [0.15, 0.2) is 18.3 Å². The Morgan fingerprint density at radius 2 is 2.35 bits per heavy atom. The number of pyridine rings is 1. The molecule has 0 aliphatic heterocycles. The van der Waals surface area contributed by atoms with Crippen molar-refractivity contribution in [3.63, 3.8) is 0 Å². The van der Waals surface area contributed by atoms with Gasteiger partial charge in [-0.25, -0.2) is 4.98 Å². The molecular formula is C10H15N3O4. The minimum absolute atomic E-state index is 0.0559. The van der Waals surface area contributed by atoms with Crippen molar-refractivity contribution in [2.24, 2.45) is 0 Å². The average Bonchev–Trinajstić information content (AvgIpc) is 2.29. The summed E-state index contributed by atoms with van der Waals surface area (Å²) >= 11 is 0. The number of hydrogen-bond acceptors (Lipinski definition) is 6. The first-order valence-electron chi connectivity index (χ1n) is 5.03. The molecule has 0 amide bonds. The smallest absolute Gasteiger partial charge is 0.287 e. The Hall–Kier alpha value is -1.73. The number of likely N-dealkylation sites (N-methyl/N-ethyl adjacent to an activating group) is 1. The number of aliphatic hydroxyl groups excluding tert-OH is 1. The van der Waals surface area contributed by atoms with Crippen LogP contribution in [0.1, 0.15) is 0 Å². The highest BCUT2D eigenvalue weighted by molar-refractivity contribution is 5.42. The molecule has 1 unspecified atom stereocenters. The molecule has 0 aromatic carbocycles. The molecule has 7 nitrogen and oxygen atoms in total. The molecule has 0 fully saturated rings. The molecule has 1 rings (SSSR count). The van der Waals surface area contributed by atoms with E-state index in [1.807, 2.05) is 0 Å². The fraction of sp³-hybridized carbons (Fsp3) is 0.500. The van der Waals surface area contributed by atoms with E-state index >= 15 is 0 Å². The summed E-state index contributed by atoms with van der Waals surface area (Å²) in [6.45, 7) is 0.579. The fourth-order valence-corrected chi connectivity index (χ4v) is 1.37. The quantitative estimate of drug-likeness (QED) is 0.574. The van der Waals surface area contributed by atoms with Gasteiger partial charge in [0.05, 0.1) is 17.6 Å². The summed E-state index contributed by atoms with van der Waals surface area (Å²) in [6, 6.07) is 2.92. The van der Waals surface area contributed by atoms with E-state index in [9.17, 15) is 15.2 Å². The van der Waals surface area contributed by atoms with Crippen LogP contribution in [0.5, 0.6) is 0 Å². The maximum atomic E-state index is 10.4. The molecule has 0 saturated carbocycles. The second kappa shape index (κ2) is 6.12. The first-order chi connectivity index (χ1) is 8.04. The summed E-state index contributed by atoms with van der Waals surface area (Å²) in [6.07, 6.45) is 0.566. The number of nitrogens with zero attached hydrogens (tertiary/aromatic N) is 3. The predicted molar refractivity (Wildman–Crippen MR) is 62.0 cm³/mol. The van der Waals surface area contributed by atoms with E-state index in [0.717, 1.165) is 0 Å². The normalized spacial score (nSPS) is 12.2. The van der Waals surface area contributed by atoms with Crippen LogP contribution in [0.3, 0.4) is 0 Å². The Morgan fingerprint density at radius 3 is 2.82 bits per heavy atom. The molecule has 0 radical (unpaired) electrons. The second-order valence-corrected chi connectivity index (χ2v) is 3.62. The summed E-state index contributed by atoms with van der Waals surface area (Å²) in [5, 5.41) is 20.0. The lowest BCUT2D eigenvalue weighted by Gasteiger charge is -2.20. The number of ether oxygens (including phenoxy) is 1. The van der Waals surface area contributed by atoms with Crippen molar-refractivity contribution in [2.45, 2.75) is 6.10 Å². The lowest BCUT2D eigenvalue weighted by atomic mass is 10.3. The highest BCUT2D eigenvalue weighted by Crippen LogP contribution is 2.14. The molecular weight excluding hydrogens is 226 g/mol. The van der Waals surface area contributed by atoms with Crippen LogP contribution in [-0.4, -0.2) is 48.4 Å². The third-order valence-electron chi connectivity index (χ3n) is 2.18. The topological polar surface area (TPSA) is 88.7 Å². The van der Waals surface area contributed by atoms with Gasteiger partial charge in [-0.15, -0.1) is 0 Å². The number of rotatable bonds is 6. The monoisotopic (exact) mass is 241 g/mol. The van der Waals surface area contributed by atoms with E-state index in [0.29, 0.717) is 12.4 Å². The van der Waals surface area contributed by atoms with Crippen LogP contribution in [0.25, 0.3) is 0 Å². The van der Waals surface area contributed by atoms with Crippen LogP contribution < -0.4 is 4.90 Å². The average molecular weight is 241 g/mol. The third kappa shape index (κ3) is 3.97. The van der Waals surface area contributed by atoms with Gasteiger partial charge in [0.2, 0.25) is 0 Å². The molecule has 1 heterocycles. The lowest BCUT2D eigenvalue weighted by molar-refractivity contribution is -0.385. The number of hydrogen-bond donors (Lipinski definition) is 1. The Morgan fingerprint density at radius 1 is 1.65 bits per heavy atom. The van der Waals surface area contributed by atoms with Crippen molar-refractivity contribution in [1.82, 2.24) is 4.98 Å². The molecule has 1 atom stereocenters. The minimum Gasteiger partial charge on any atom is -0.389 e. The van der Waals surface area contributed by atoms with Crippen LogP contribution in [0.4, 0.5) is 11.5 Å². The Bertz CT molecular complexity index is 368. The van der Waals surface area contributed by atoms with E-state index < -0.39 is 11.0 Å². The summed E-state index contributed by atoms with van der Waals surface area (Å²) in [5.74, 6) is 0.561. The number of anilines is 1. The number of nitro groups is 1. The van der Waals surface area contributed by atoms with E-state index in [1.54, 1.807) is 11.9 Å². The van der Waals surface area contributed by atoms with Gasteiger partial charge in [0, 0.05) is 26.8 Å². The van der Waals surface area contributed by atoms with Gasteiger partial charge in [-0.2, -0.15) is 0 Å². The zero-order valence-electron chi connectivity index (χ0n) is 9.74. The number of aromatic nitrogens is 1. The molecule has 1 N–H and O–H groups in total. The minimum atomic E-state index is -0.623. The highest BCUT2D eigenvalue weighted by Gasteiger charge is 2.11. The molecule has 1 aromatic heterocycles. The summed E-state index contributed by atoms with van der Waals surface area (Å²) < 4.78 is 4.80. The maximum Gasteiger partial charge on any atom is 0.287 e. The summed E-state index contributed by atoms with van der Waals surface area (Å²) in [4.78, 5) is 15.6. The third-order valence-corrected chi connectivity index (χ3v) is 2.18. The molecule has 0 aliphatic carbocycles. The molecule has 1 aromatic rings. The molecule has 0 saturated heterocycles. The van der Waals surface area contributed by atoms with Gasteiger partial charge in [-0.3, -0.25) is 10.1 Å². The maximum absolute atomic E-state index is 10.4. The predicted octanol–water partition coefficient (Wildman–Crippen LogP) is 0.433. The van der Waals surface area contributed by atoms with Gasteiger partial charge in [-0.05, 0) is 6.07 Å². The van der Waals surface area contributed by atoms with Crippen molar-refractivity contribution in [3.05, 3.63) is 28.4 Å². The first kappa shape index (κ1) is 13.3. The van der Waals surface area contributed by atoms with Crippen molar-refractivity contribution in [2.75, 3.05) is 32.2 Å². The standard InChI is InChI=1S/C10H15N3O4/c1-12(6-9(14)7-17-2)10-4-3-8(5-11-10)13(15)16/h3-5,9,14H,6-7H2,1-2H3. The Kier molecular flexibility index (Phi) is 4.80. The Balaban J connectivity index is 2.63. The van der Waals surface area contributed by atoms with Crippen molar-refractivity contribution in [1.29, 1.82) is 0 Å². The fourth-order valence-electron chi connectivity index (χ4n) is 1.37.